The first-order chi connectivity index (χ1) is 16.4. The molecule has 1 amide bonds. The second kappa shape index (κ2) is 9.37. The Bertz CT molecular complexity index is 1350. The Hall–Kier alpha value is -2.93. The Morgan fingerprint density at radius 2 is 1.65 bits per heavy atom. The fraction of sp³-hybridized carbons (Fsp3) is 0.200. The maximum absolute atomic E-state index is 13.7. The number of piperazine rings is 1. The van der Waals surface area contributed by atoms with Crippen molar-refractivity contribution >= 4 is 46.4 Å². The van der Waals surface area contributed by atoms with Crippen LogP contribution in [0.25, 0.3) is 17.1 Å². The van der Waals surface area contributed by atoms with Crippen molar-refractivity contribution in [3.63, 3.8) is 0 Å². The van der Waals surface area contributed by atoms with Gasteiger partial charge in [0.2, 0.25) is 0 Å². The first kappa shape index (κ1) is 22.8. The van der Waals surface area contributed by atoms with Crippen LogP contribution in [0, 0.1) is 0 Å². The molecule has 0 saturated carbocycles. The van der Waals surface area contributed by atoms with Gasteiger partial charge < -0.3 is 14.4 Å². The van der Waals surface area contributed by atoms with Gasteiger partial charge in [-0.25, -0.2) is 4.68 Å². The van der Waals surface area contributed by atoms with Gasteiger partial charge in [0.15, 0.2) is 0 Å². The lowest BCUT2D eigenvalue weighted by atomic mass is 10.2. The van der Waals surface area contributed by atoms with Gasteiger partial charge in [-0.15, -0.1) is 0 Å². The first-order valence-electron chi connectivity index (χ1n) is 10.9. The van der Waals surface area contributed by atoms with Crippen LogP contribution in [0.1, 0.15) is 10.5 Å². The molecule has 1 aliphatic rings. The SMILES string of the molecule is Cn1cccc1-c1cc(C(=O)N2CCN(c3cccc(Cl)c3)CC2)n(-c2ccc(Cl)c(Cl)c2)n1. The summed E-state index contributed by atoms with van der Waals surface area (Å²) in [4.78, 5) is 17.8. The lowest BCUT2D eigenvalue weighted by Gasteiger charge is -2.36. The highest BCUT2D eigenvalue weighted by atomic mass is 35.5. The molecule has 5 rings (SSSR count). The number of benzene rings is 2. The van der Waals surface area contributed by atoms with E-state index in [-0.39, 0.29) is 5.91 Å². The van der Waals surface area contributed by atoms with Crippen molar-refractivity contribution in [2.75, 3.05) is 31.1 Å². The molecule has 6 nitrogen and oxygen atoms in total. The summed E-state index contributed by atoms with van der Waals surface area (Å²) in [5, 5.41) is 6.32. The smallest absolute Gasteiger partial charge is 0.272 e. The second-order valence-corrected chi connectivity index (χ2v) is 9.44. The highest BCUT2D eigenvalue weighted by molar-refractivity contribution is 6.42. The maximum atomic E-state index is 13.7. The molecule has 174 valence electrons. The van der Waals surface area contributed by atoms with Crippen LogP contribution in [0.15, 0.2) is 66.9 Å². The van der Waals surface area contributed by atoms with Gasteiger partial charge in [0.05, 0.1) is 21.4 Å². The van der Waals surface area contributed by atoms with Crippen LogP contribution in [-0.2, 0) is 7.05 Å². The normalized spacial score (nSPS) is 14.0. The molecule has 34 heavy (non-hydrogen) atoms. The molecule has 3 heterocycles. The van der Waals surface area contributed by atoms with E-state index in [9.17, 15) is 4.79 Å². The maximum Gasteiger partial charge on any atom is 0.272 e. The third-order valence-electron chi connectivity index (χ3n) is 6.02. The summed E-state index contributed by atoms with van der Waals surface area (Å²) in [7, 11) is 1.95. The molecule has 1 aliphatic heterocycles. The molecule has 9 heteroatoms. The summed E-state index contributed by atoms with van der Waals surface area (Å²) in [6.07, 6.45) is 1.95. The van der Waals surface area contributed by atoms with Gasteiger partial charge in [-0.1, -0.05) is 40.9 Å². The summed E-state index contributed by atoms with van der Waals surface area (Å²) in [6.45, 7) is 2.63. The van der Waals surface area contributed by atoms with Gasteiger partial charge in [0.25, 0.3) is 5.91 Å². The van der Waals surface area contributed by atoms with Crippen LogP contribution in [0.2, 0.25) is 15.1 Å². The number of anilines is 1. The third kappa shape index (κ3) is 4.41. The van der Waals surface area contributed by atoms with Crippen LogP contribution in [0.3, 0.4) is 0 Å². The number of nitrogens with zero attached hydrogens (tertiary/aromatic N) is 5. The highest BCUT2D eigenvalue weighted by Crippen LogP contribution is 2.28. The second-order valence-electron chi connectivity index (χ2n) is 8.19. The fourth-order valence-corrected chi connectivity index (χ4v) is 4.68. The van der Waals surface area contributed by atoms with Crippen LogP contribution in [0.5, 0.6) is 0 Å². The summed E-state index contributed by atoms with van der Waals surface area (Å²) in [5.74, 6) is -0.0789. The predicted molar refractivity (Wildman–Crippen MR) is 138 cm³/mol. The number of carbonyl (C=O) groups excluding carboxylic acids is 1. The van der Waals surface area contributed by atoms with Crippen LogP contribution >= 0.6 is 34.8 Å². The summed E-state index contributed by atoms with van der Waals surface area (Å²) in [6, 6.07) is 18.8. The van der Waals surface area contributed by atoms with E-state index in [0.29, 0.717) is 45.2 Å². The molecule has 0 N–H and O–H groups in total. The largest absolute Gasteiger partial charge is 0.368 e. The van der Waals surface area contributed by atoms with E-state index in [0.717, 1.165) is 24.5 Å². The summed E-state index contributed by atoms with van der Waals surface area (Å²) < 4.78 is 3.62. The summed E-state index contributed by atoms with van der Waals surface area (Å²) in [5.41, 5.74) is 3.84. The van der Waals surface area contributed by atoms with E-state index in [1.54, 1.807) is 16.8 Å². The molecule has 2 aromatic heterocycles. The minimum absolute atomic E-state index is 0.0789. The van der Waals surface area contributed by atoms with E-state index >= 15 is 0 Å². The number of rotatable bonds is 4. The molecule has 0 aliphatic carbocycles. The molecule has 2 aromatic carbocycles. The Kier molecular flexibility index (Phi) is 6.30. The van der Waals surface area contributed by atoms with Gasteiger partial charge in [0, 0.05) is 50.1 Å². The Morgan fingerprint density at radius 3 is 2.32 bits per heavy atom. The van der Waals surface area contributed by atoms with Gasteiger partial charge in [-0.3, -0.25) is 4.79 Å². The van der Waals surface area contributed by atoms with Crippen molar-refractivity contribution in [3.05, 3.63) is 87.6 Å². The molecule has 0 unspecified atom stereocenters. The summed E-state index contributed by atoms with van der Waals surface area (Å²) >= 11 is 18.5. The molecule has 0 atom stereocenters. The first-order valence-corrected chi connectivity index (χ1v) is 12.0. The average Bonchev–Trinajstić information content (AvgIpc) is 3.47. The van der Waals surface area contributed by atoms with Crippen molar-refractivity contribution in [2.24, 2.45) is 7.05 Å². The molecular weight excluding hydrogens is 493 g/mol. The monoisotopic (exact) mass is 513 g/mol. The topological polar surface area (TPSA) is 46.3 Å². The Balaban J connectivity index is 1.45. The van der Waals surface area contributed by atoms with Crippen molar-refractivity contribution in [1.29, 1.82) is 0 Å². The van der Waals surface area contributed by atoms with Crippen LogP contribution in [-0.4, -0.2) is 51.3 Å². The predicted octanol–water partition coefficient (Wildman–Crippen LogP) is 5.80. The lowest BCUT2D eigenvalue weighted by Crippen LogP contribution is -2.49. The highest BCUT2D eigenvalue weighted by Gasteiger charge is 2.27. The zero-order valence-corrected chi connectivity index (χ0v) is 20.7. The van der Waals surface area contributed by atoms with Gasteiger partial charge in [0.1, 0.15) is 11.4 Å². The van der Waals surface area contributed by atoms with E-state index < -0.39 is 0 Å². The average molecular weight is 515 g/mol. The van der Waals surface area contributed by atoms with Crippen LogP contribution in [0.4, 0.5) is 5.69 Å². The fourth-order valence-electron chi connectivity index (χ4n) is 4.20. The van der Waals surface area contributed by atoms with Gasteiger partial charge >= 0.3 is 0 Å². The third-order valence-corrected chi connectivity index (χ3v) is 7.00. The lowest BCUT2D eigenvalue weighted by molar-refractivity contribution is 0.0737. The molecule has 1 saturated heterocycles. The molecule has 0 radical (unpaired) electrons. The Morgan fingerprint density at radius 1 is 0.853 bits per heavy atom. The van der Waals surface area contributed by atoms with E-state index in [4.69, 9.17) is 39.9 Å². The van der Waals surface area contributed by atoms with Crippen molar-refractivity contribution < 1.29 is 4.79 Å². The Labute approximate surface area is 212 Å². The number of amides is 1. The standard InChI is InChI=1S/C25H22Cl3N5O/c1-30-9-3-6-23(30)22-16-24(33(29-22)19-7-8-20(27)21(28)15-19)25(34)32-12-10-31(11-13-32)18-5-2-4-17(26)14-18/h2-9,14-16H,10-13H2,1H3. The molecule has 4 aromatic rings. The minimum atomic E-state index is -0.0789. The van der Waals surface area contributed by atoms with Gasteiger partial charge in [-0.2, -0.15) is 5.10 Å². The van der Waals surface area contributed by atoms with Crippen molar-refractivity contribution in [3.8, 4) is 17.1 Å². The number of hydrogen-bond acceptors (Lipinski definition) is 3. The molecule has 0 spiro atoms. The van der Waals surface area contributed by atoms with Crippen LogP contribution < -0.4 is 4.90 Å². The molecule has 1 fully saturated rings. The van der Waals surface area contributed by atoms with Crippen molar-refractivity contribution in [1.82, 2.24) is 19.2 Å². The minimum Gasteiger partial charge on any atom is -0.368 e. The van der Waals surface area contributed by atoms with E-state index in [2.05, 4.69) is 4.90 Å². The van der Waals surface area contributed by atoms with Gasteiger partial charge in [-0.05, 0) is 54.6 Å². The number of aryl methyl sites for hydroxylation is 1. The number of hydrogen-bond donors (Lipinski definition) is 0. The van der Waals surface area contributed by atoms with E-state index in [1.807, 2.05) is 71.2 Å². The van der Waals surface area contributed by atoms with Crippen molar-refractivity contribution in [2.45, 2.75) is 0 Å². The quantitative estimate of drug-likeness (QED) is 0.346. The number of carbonyl (C=O) groups is 1. The number of aromatic nitrogens is 3. The number of halogens is 3. The zero-order chi connectivity index (χ0) is 23.8. The molecular formula is C25H22Cl3N5O. The van der Waals surface area contributed by atoms with E-state index in [1.165, 1.54) is 0 Å². The molecule has 0 bridgehead atoms. The zero-order valence-electron chi connectivity index (χ0n) is 18.5.